The highest BCUT2D eigenvalue weighted by molar-refractivity contribution is 7.98. The highest BCUT2D eigenvalue weighted by Crippen LogP contribution is 2.29. The van der Waals surface area contributed by atoms with Crippen molar-refractivity contribution in [2.45, 2.75) is 17.3 Å². The zero-order valence-electron chi connectivity index (χ0n) is 14.7. The van der Waals surface area contributed by atoms with Crippen LogP contribution in [0.15, 0.2) is 59.5 Å². The number of benzene rings is 3. The van der Waals surface area contributed by atoms with E-state index in [-0.39, 0.29) is 12.2 Å². The third-order valence-electron chi connectivity index (χ3n) is 3.99. The Morgan fingerprint density at radius 3 is 1.90 bits per heavy atom. The van der Waals surface area contributed by atoms with Gasteiger partial charge in [0.2, 0.25) is 5.82 Å². The number of halogens is 5. The minimum absolute atomic E-state index is 0.108. The van der Waals surface area contributed by atoms with Crippen LogP contribution in [-0.4, -0.2) is 5.97 Å². The van der Waals surface area contributed by atoms with E-state index in [1.807, 2.05) is 30.3 Å². The topological polar surface area (TPSA) is 26.3 Å². The van der Waals surface area contributed by atoms with Crippen LogP contribution in [0.2, 0.25) is 0 Å². The predicted octanol–water partition coefficient (Wildman–Crippen LogP) is 6.03. The Balaban J connectivity index is 1.63. The van der Waals surface area contributed by atoms with Gasteiger partial charge < -0.3 is 4.74 Å². The van der Waals surface area contributed by atoms with Crippen molar-refractivity contribution < 1.29 is 31.5 Å². The molecule has 150 valence electrons. The summed E-state index contributed by atoms with van der Waals surface area (Å²) in [6.07, 6.45) is 0. The lowest BCUT2D eigenvalue weighted by Gasteiger charge is -2.09. The summed E-state index contributed by atoms with van der Waals surface area (Å²) < 4.78 is 72.2. The Morgan fingerprint density at radius 1 is 0.759 bits per heavy atom. The lowest BCUT2D eigenvalue weighted by Crippen LogP contribution is -2.06. The van der Waals surface area contributed by atoms with Crippen molar-refractivity contribution in [1.29, 1.82) is 0 Å². The minimum atomic E-state index is -2.19. The number of rotatable bonds is 6. The second-order valence-electron chi connectivity index (χ2n) is 5.92. The predicted molar refractivity (Wildman–Crippen MR) is 97.8 cm³/mol. The average molecular weight is 424 g/mol. The molecule has 3 rings (SSSR count). The molecule has 0 radical (unpaired) electrons. The summed E-state index contributed by atoms with van der Waals surface area (Å²) in [6.45, 7) is 0.108. The fraction of sp³-hybridized carbons (Fsp3) is 0.0952. The molecule has 0 aromatic heterocycles. The van der Waals surface area contributed by atoms with Gasteiger partial charge in [0.15, 0.2) is 23.3 Å². The Morgan fingerprint density at radius 2 is 1.31 bits per heavy atom. The minimum Gasteiger partial charge on any atom is -0.457 e. The van der Waals surface area contributed by atoms with E-state index >= 15 is 0 Å². The van der Waals surface area contributed by atoms with Crippen molar-refractivity contribution in [3.8, 4) is 0 Å². The molecule has 3 aromatic carbocycles. The first-order valence-corrected chi connectivity index (χ1v) is 9.31. The maximum Gasteiger partial charge on any atom is 0.338 e. The zero-order chi connectivity index (χ0) is 21.0. The molecule has 0 N–H and O–H groups in total. The summed E-state index contributed by atoms with van der Waals surface area (Å²) in [6, 6.07) is 15.0. The van der Waals surface area contributed by atoms with Crippen molar-refractivity contribution in [1.82, 2.24) is 0 Å². The molecule has 2 nitrogen and oxygen atoms in total. The van der Waals surface area contributed by atoms with E-state index in [0.717, 1.165) is 17.3 Å². The number of ether oxygens (including phenoxy) is 1. The van der Waals surface area contributed by atoms with Gasteiger partial charge in [-0.15, -0.1) is 11.8 Å². The van der Waals surface area contributed by atoms with E-state index in [1.165, 1.54) is 24.3 Å². The van der Waals surface area contributed by atoms with Crippen molar-refractivity contribution in [2.24, 2.45) is 0 Å². The van der Waals surface area contributed by atoms with E-state index in [0.29, 0.717) is 4.90 Å². The molecule has 3 aromatic rings. The summed E-state index contributed by atoms with van der Waals surface area (Å²) in [5.74, 6) is -10.9. The SMILES string of the molecule is O=C(OCc1ccccc1)c1ccc(SCc2c(F)c(F)c(F)c(F)c2F)cc1. The van der Waals surface area contributed by atoms with Gasteiger partial charge in [-0.1, -0.05) is 30.3 Å². The van der Waals surface area contributed by atoms with Crippen molar-refractivity contribution in [3.05, 3.63) is 100 Å². The maximum absolute atomic E-state index is 13.7. The first-order chi connectivity index (χ1) is 13.9. The standard InChI is InChI=1S/C21H13F5O2S/c22-16-15(17(23)19(25)20(26)18(16)24)11-29-14-8-6-13(7-9-14)21(27)28-10-12-4-2-1-3-5-12/h1-9H,10-11H2. The van der Waals surface area contributed by atoms with Gasteiger partial charge in [0.1, 0.15) is 6.61 Å². The molecule has 0 atom stereocenters. The number of esters is 1. The van der Waals surface area contributed by atoms with Gasteiger partial charge in [-0.2, -0.15) is 0 Å². The average Bonchev–Trinajstić information content (AvgIpc) is 2.76. The Hall–Kier alpha value is -2.87. The fourth-order valence-corrected chi connectivity index (χ4v) is 3.32. The largest absolute Gasteiger partial charge is 0.457 e. The summed E-state index contributed by atoms with van der Waals surface area (Å²) in [5, 5.41) is 0. The molecule has 0 saturated carbocycles. The number of carbonyl (C=O) groups excluding carboxylic acids is 1. The summed E-state index contributed by atoms with van der Waals surface area (Å²) in [4.78, 5) is 12.5. The number of carbonyl (C=O) groups is 1. The Labute approximate surface area is 167 Å². The van der Waals surface area contributed by atoms with Crippen LogP contribution < -0.4 is 0 Å². The monoisotopic (exact) mass is 424 g/mol. The van der Waals surface area contributed by atoms with Crippen molar-refractivity contribution in [3.63, 3.8) is 0 Å². The molecule has 8 heteroatoms. The van der Waals surface area contributed by atoms with Gasteiger partial charge in [0.25, 0.3) is 0 Å². The molecule has 0 amide bonds. The fourth-order valence-electron chi connectivity index (χ4n) is 2.43. The van der Waals surface area contributed by atoms with Crippen LogP contribution >= 0.6 is 11.8 Å². The second-order valence-corrected chi connectivity index (χ2v) is 6.97. The van der Waals surface area contributed by atoms with Crippen LogP contribution in [0.1, 0.15) is 21.5 Å². The first-order valence-electron chi connectivity index (χ1n) is 8.32. The van der Waals surface area contributed by atoms with Crippen LogP contribution in [0.5, 0.6) is 0 Å². The van der Waals surface area contributed by atoms with Gasteiger partial charge >= 0.3 is 5.97 Å². The van der Waals surface area contributed by atoms with Crippen LogP contribution in [0.4, 0.5) is 22.0 Å². The molecule has 0 aliphatic heterocycles. The van der Waals surface area contributed by atoms with Gasteiger partial charge in [-0.05, 0) is 29.8 Å². The van der Waals surface area contributed by atoms with Crippen LogP contribution in [0, 0.1) is 29.1 Å². The van der Waals surface area contributed by atoms with Crippen LogP contribution in [0.3, 0.4) is 0 Å². The quantitative estimate of drug-likeness (QED) is 0.159. The lowest BCUT2D eigenvalue weighted by atomic mass is 10.2. The van der Waals surface area contributed by atoms with E-state index in [1.54, 1.807) is 0 Å². The Kier molecular flexibility index (Phi) is 6.53. The van der Waals surface area contributed by atoms with E-state index in [2.05, 4.69) is 0 Å². The molecule has 0 spiro atoms. The normalized spacial score (nSPS) is 10.8. The smallest absolute Gasteiger partial charge is 0.338 e. The molecule has 0 aliphatic carbocycles. The van der Waals surface area contributed by atoms with Crippen LogP contribution in [-0.2, 0) is 17.1 Å². The van der Waals surface area contributed by atoms with Gasteiger partial charge in [0.05, 0.1) is 5.56 Å². The zero-order valence-corrected chi connectivity index (χ0v) is 15.5. The molecule has 0 saturated heterocycles. The van der Waals surface area contributed by atoms with E-state index in [9.17, 15) is 26.7 Å². The molecule has 0 aliphatic rings. The molecular weight excluding hydrogens is 411 g/mol. The molecule has 0 fully saturated rings. The van der Waals surface area contributed by atoms with Crippen LogP contribution in [0.25, 0.3) is 0 Å². The third kappa shape index (κ3) is 4.76. The van der Waals surface area contributed by atoms with Gasteiger partial charge in [0, 0.05) is 16.2 Å². The van der Waals surface area contributed by atoms with Gasteiger partial charge in [-0.25, -0.2) is 26.7 Å². The first kappa shape index (κ1) is 20.9. The molecule has 0 unspecified atom stereocenters. The Bertz CT molecular complexity index is 994. The highest BCUT2D eigenvalue weighted by Gasteiger charge is 2.25. The molecule has 0 heterocycles. The van der Waals surface area contributed by atoms with E-state index < -0.39 is 46.4 Å². The summed E-state index contributed by atoms with van der Waals surface area (Å²) >= 11 is 0.868. The highest BCUT2D eigenvalue weighted by atomic mass is 32.2. The third-order valence-corrected chi connectivity index (χ3v) is 5.03. The number of thioether (sulfide) groups is 1. The molecule has 29 heavy (non-hydrogen) atoms. The molecular formula is C21H13F5O2S. The summed E-state index contributed by atoms with van der Waals surface area (Å²) in [7, 11) is 0. The van der Waals surface area contributed by atoms with Crippen molar-refractivity contribution in [2.75, 3.05) is 0 Å². The number of hydrogen-bond donors (Lipinski definition) is 0. The van der Waals surface area contributed by atoms with Gasteiger partial charge in [-0.3, -0.25) is 0 Å². The maximum atomic E-state index is 13.7. The lowest BCUT2D eigenvalue weighted by molar-refractivity contribution is 0.0472. The number of hydrogen-bond acceptors (Lipinski definition) is 3. The summed E-state index contributed by atoms with van der Waals surface area (Å²) in [5.41, 5.74) is 0.190. The van der Waals surface area contributed by atoms with Crippen molar-refractivity contribution >= 4 is 17.7 Å². The molecule has 0 bridgehead atoms. The second kappa shape index (κ2) is 9.09. The van der Waals surface area contributed by atoms with E-state index in [4.69, 9.17) is 4.74 Å².